The van der Waals surface area contributed by atoms with Gasteiger partial charge in [0.15, 0.2) is 0 Å². The number of benzene rings is 1. The van der Waals surface area contributed by atoms with Gasteiger partial charge in [-0.15, -0.1) is 0 Å². The zero-order valence-corrected chi connectivity index (χ0v) is 12.8. The number of nitrogen functional groups attached to an aromatic ring is 1. The fourth-order valence-corrected chi connectivity index (χ4v) is 2.97. The molecule has 5 atom stereocenters. The number of aliphatic hydroxyl groups is 3. The van der Waals surface area contributed by atoms with Gasteiger partial charge in [-0.3, -0.25) is 4.79 Å². The number of nitrogens with zero attached hydrogens (tertiary/aromatic N) is 1. The molecule has 2 rings (SSSR count). The Labute approximate surface area is 133 Å². The summed E-state index contributed by atoms with van der Waals surface area (Å²) in [5.74, 6) is -0.359. The lowest BCUT2D eigenvalue weighted by molar-refractivity contribution is -0.168. The third kappa shape index (κ3) is 3.21. The Morgan fingerprint density at radius 3 is 2.41 bits per heavy atom. The first-order valence-electron chi connectivity index (χ1n) is 6.80. The van der Waals surface area contributed by atoms with Crippen molar-refractivity contribution in [2.24, 2.45) is 0 Å². The van der Waals surface area contributed by atoms with Crippen molar-refractivity contribution in [3.63, 3.8) is 0 Å². The molecule has 22 heavy (non-hydrogen) atoms. The highest BCUT2D eigenvalue weighted by atomic mass is 32.1. The molecule has 122 valence electrons. The molecule has 0 aromatic heterocycles. The molecule has 0 aliphatic carbocycles. The van der Waals surface area contributed by atoms with Crippen LogP contribution < -0.4 is 10.6 Å². The Balaban J connectivity index is 2.35. The molecular weight excluding hydrogens is 308 g/mol. The lowest BCUT2D eigenvalue weighted by atomic mass is 9.96. The van der Waals surface area contributed by atoms with Gasteiger partial charge >= 0.3 is 0 Å². The summed E-state index contributed by atoms with van der Waals surface area (Å²) in [6.07, 6.45) is -3.66. The van der Waals surface area contributed by atoms with Gasteiger partial charge in [0.1, 0.15) is 18.3 Å². The first-order valence-corrected chi connectivity index (χ1v) is 7.27. The maximum absolute atomic E-state index is 12.0. The molecule has 8 heteroatoms. The van der Waals surface area contributed by atoms with Crippen LogP contribution in [-0.4, -0.2) is 57.6 Å². The third-order valence-electron chi connectivity index (χ3n) is 3.66. The van der Waals surface area contributed by atoms with Crippen LogP contribution in [0.15, 0.2) is 24.3 Å². The largest absolute Gasteiger partial charge is 0.759 e. The van der Waals surface area contributed by atoms with E-state index in [1.165, 1.54) is 11.8 Å². The van der Waals surface area contributed by atoms with Gasteiger partial charge in [0.2, 0.25) is 5.91 Å². The Kier molecular flexibility index (Phi) is 5.30. The van der Waals surface area contributed by atoms with E-state index in [0.717, 1.165) is 0 Å². The van der Waals surface area contributed by atoms with Crippen LogP contribution in [0.1, 0.15) is 6.92 Å². The highest BCUT2D eigenvalue weighted by Gasteiger charge is 2.43. The molecule has 0 spiro atoms. The smallest absolute Gasteiger partial charge is 0.224 e. The maximum Gasteiger partial charge on any atom is 0.224 e. The van der Waals surface area contributed by atoms with Crippen molar-refractivity contribution in [1.82, 2.24) is 0 Å². The van der Waals surface area contributed by atoms with Crippen LogP contribution in [0.25, 0.3) is 0 Å². The molecule has 1 aliphatic heterocycles. The quantitative estimate of drug-likeness (QED) is 0.415. The number of hydrogen-bond acceptors (Lipinski definition) is 7. The molecule has 1 heterocycles. The predicted octanol–water partition coefficient (Wildman–Crippen LogP) is -1.02. The molecule has 0 unspecified atom stereocenters. The Morgan fingerprint density at radius 1 is 1.32 bits per heavy atom. The van der Waals surface area contributed by atoms with Gasteiger partial charge < -0.3 is 43.3 Å². The van der Waals surface area contributed by atoms with E-state index in [9.17, 15) is 15.0 Å². The first kappa shape index (κ1) is 17.0. The Morgan fingerprint density at radius 2 is 1.91 bits per heavy atom. The fourth-order valence-electron chi connectivity index (χ4n) is 2.54. The summed E-state index contributed by atoms with van der Waals surface area (Å²) in [4.78, 5) is 13.3. The monoisotopic (exact) mass is 327 g/mol. The van der Waals surface area contributed by atoms with Crippen molar-refractivity contribution in [3.8, 4) is 0 Å². The molecule has 1 aliphatic rings. The van der Waals surface area contributed by atoms with E-state index in [-0.39, 0.29) is 5.91 Å². The van der Waals surface area contributed by atoms with Gasteiger partial charge in [0, 0.05) is 18.3 Å². The summed E-state index contributed by atoms with van der Waals surface area (Å²) < 4.78 is 5.34. The number of ether oxygens (including phenoxy) is 1. The average Bonchev–Trinajstić information content (AvgIpc) is 2.48. The predicted molar refractivity (Wildman–Crippen MR) is 82.9 cm³/mol. The van der Waals surface area contributed by atoms with E-state index in [1.807, 2.05) is 0 Å². The molecular formula is C14H19N2O5S-. The van der Waals surface area contributed by atoms with Crippen molar-refractivity contribution in [2.75, 3.05) is 17.2 Å². The van der Waals surface area contributed by atoms with Crippen molar-refractivity contribution >= 4 is 29.9 Å². The highest BCUT2D eigenvalue weighted by Crippen LogP contribution is 2.29. The van der Waals surface area contributed by atoms with Crippen molar-refractivity contribution in [3.05, 3.63) is 24.3 Å². The normalized spacial score (nSPS) is 31.8. The van der Waals surface area contributed by atoms with E-state index in [4.69, 9.17) is 28.2 Å². The van der Waals surface area contributed by atoms with Crippen LogP contribution in [0.2, 0.25) is 0 Å². The summed E-state index contributed by atoms with van der Waals surface area (Å²) in [6, 6.07) is 5.53. The molecule has 1 aromatic carbocycles. The fraction of sp³-hybridized carbons (Fsp3) is 0.500. The molecule has 5 N–H and O–H groups in total. The highest BCUT2D eigenvalue weighted by molar-refractivity contribution is 7.59. The number of aliphatic hydroxyl groups excluding tert-OH is 3. The molecule has 7 nitrogen and oxygen atoms in total. The minimum absolute atomic E-state index is 0.359. The van der Waals surface area contributed by atoms with Crippen LogP contribution in [0.4, 0.5) is 11.4 Å². The second-order valence-electron chi connectivity index (χ2n) is 5.18. The zero-order valence-electron chi connectivity index (χ0n) is 12.0. The van der Waals surface area contributed by atoms with Crippen molar-refractivity contribution in [1.29, 1.82) is 0 Å². The van der Waals surface area contributed by atoms with Gasteiger partial charge in [-0.05, 0) is 29.7 Å². The van der Waals surface area contributed by atoms with E-state index in [2.05, 4.69) is 0 Å². The number of hydrogen-bond donors (Lipinski definition) is 4. The third-order valence-corrected chi connectivity index (χ3v) is 4.05. The Hall–Kier alpha value is -1.32. The summed E-state index contributed by atoms with van der Waals surface area (Å²) in [6.45, 7) is 0.857. The number of carbonyl (C=O) groups excluding carboxylic acids is 1. The minimum atomic E-state index is -1.34. The average molecular weight is 327 g/mol. The van der Waals surface area contributed by atoms with Crippen LogP contribution in [0.5, 0.6) is 0 Å². The topological polar surface area (TPSA) is 116 Å². The molecule has 1 fully saturated rings. The van der Waals surface area contributed by atoms with Gasteiger partial charge in [0.05, 0.1) is 12.6 Å². The van der Waals surface area contributed by atoms with Crippen molar-refractivity contribution in [2.45, 2.75) is 36.7 Å². The first-order chi connectivity index (χ1) is 10.4. The zero-order chi connectivity index (χ0) is 16.4. The molecule has 0 bridgehead atoms. The van der Waals surface area contributed by atoms with Gasteiger partial charge in [-0.25, -0.2) is 0 Å². The van der Waals surface area contributed by atoms with Gasteiger partial charge in [0.25, 0.3) is 0 Å². The number of amides is 1. The number of nitrogens with two attached hydrogens (primary N) is 1. The molecule has 0 radical (unpaired) electrons. The van der Waals surface area contributed by atoms with E-state index in [0.29, 0.717) is 11.4 Å². The SMILES string of the molecule is CC(=O)N(c1ccc(N)cc1)[C@@H]1[C@@H](O)[C@H](O)[C@@H](CO)O[C@H]1[S-]. The summed E-state index contributed by atoms with van der Waals surface area (Å²) in [5, 5.41) is 29.5. The molecule has 0 saturated carbocycles. The molecule has 1 aromatic rings. The second-order valence-corrected chi connectivity index (χ2v) is 5.64. The second kappa shape index (κ2) is 6.84. The van der Waals surface area contributed by atoms with Crippen molar-refractivity contribution < 1.29 is 24.9 Å². The molecule has 1 saturated heterocycles. The van der Waals surface area contributed by atoms with E-state index < -0.39 is 36.4 Å². The van der Waals surface area contributed by atoms with Gasteiger partial charge in [-0.2, -0.15) is 0 Å². The standard InChI is InChI=1S/C14H20N2O5S/c1-7(18)16(9-4-2-8(15)3-5-9)11-13(20)12(19)10(6-17)21-14(11)22/h2-5,10-14,17,19-20,22H,6,15H2,1H3/p-1/t10-,11-,12-,13-,14+/m1/s1. The Bertz CT molecular complexity index is 526. The number of anilines is 2. The summed E-state index contributed by atoms with van der Waals surface area (Å²) in [7, 11) is 0. The summed E-state index contributed by atoms with van der Waals surface area (Å²) >= 11 is 5.18. The van der Waals surface area contributed by atoms with Crippen LogP contribution in [-0.2, 0) is 22.2 Å². The summed E-state index contributed by atoms with van der Waals surface area (Å²) in [5.41, 5.74) is 5.67. The minimum Gasteiger partial charge on any atom is -0.759 e. The van der Waals surface area contributed by atoms with Crippen LogP contribution >= 0.6 is 0 Å². The van der Waals surface area contributed by atoms with E-state index in [1.54, 1.807) is 24.3 Å². The maximum atomic E-state index is 12.0. The number of carbonyl (C=O) groups is 1. The molecule has 1 amide bonds. The lowest BCUT2D eigenvalue weighted by Crippen LogP contribution is -2.64. The lowest BCUT2D eigenvalue weighted by Gasteiger charge is -2.50. The van der Waals surface area contributed by atoms with Crippen LogP contribution in [0.3, 0.4) is 0 Å². The van der Waals surface area contributed by atoms with E-state index >= 15 is 0 Å². The van der Waals surface area contributed by atoms with Crippen LogP contribution in [0, 0.1) is 0 Å². The number of rotatable bonds is 3. The van der Waals surface area contributed by atoms with Gasteiger partial charge in [-0.1, -0.05) is 0 Å².